The lowest BCUT2D eigenvalue weighted by molar-refractivity contribution is -0.121. The summed E-state index contributed by atoms with van der Waals surface area (Å²) in [7, 11) is 3.13. The number of benzene rings is 1. The molecule has 0 atom stereocenters. The van der Waals surface area contributed by atoms with Crippen molar-refractivity contribution in [1.82, 2.24) is 20.4 Å². The Bertz CT molecular complexity index is 1020. The molecular weight excluding hydrogens is 412 g/mol. The molecule has 2 amide bonds. The van der Waals surface area contributed by atoms with Crippen LogP contribution in [0.3, 0.4) is 0 Å². The first-order chi connectivity index (χ1) is 15.6. The minimum atomic E-state index is -0.333. The Kier molecular flexibility index (Phi) is 8.33. The number of carbonyl (C=O) groups is 2. The van der Waals surface area contributed by atoms with Crippen molar-refractivity contribution in [1.29, 1.82) is 0 Å². The third-order valence-corrected chi connectivity index (χ3v) is 4.76. The Morgan fingerprint density at radius 1 is 1.12 bits per heavy atom. The number of pyridine rings is 1. The summed E-state index contributed by atoms with van der Waals surface area (Å²) in [5, 5.41) is 6.76. The molecule has 0 aliphatic heterocycles. The van der Waals surface area contributed by atoms with Crippen LogP contribution in [0, 0.1) is 0 Å². The molecule has 0 saturated carbocycles. The smallest absolute Gasteiger partial charge is 0.276 e. The molecule has 9 nitrogen and oxygen atoms in total. The second kappa shape index (κ2) is 11.6. The van der Waals surface area contributed by atoms with E-state index in [0.717, 1.165) is 11.1 Å². The zero-order valence-corrected chi connectivity index (χ0v) is 18.1. The molecule has 0 radical (unpaired) electrons. The normalized spacial score (nSPS) is 10.6. The van der Waals surface area contributed by atoms with Gasteiger partial charge in [0.25, 0.3) is 5.91 Å². The molecule has 0 fully saturated rings. The van der Waals surface area contributed by atoms with Crippen molar-refractivity contribution in [2.75, 3.05) is 33.9 Å². The second-order valence-electron chi connectivity index (χ2n) is 6.98. The molecule has 1 aromatic carbocycles. The fourth-order valence-corrected chi connectivity index (χ4v) is 2.99. The molecule has 2 heterocycles. The van der Waals surface area contributed by atoms with Crippen molar-refractivity contribution in [2.24, 2.45) is 0 Å². The monoisotopic (exact) mass is 438 g/mol. The number of hydrogen-bond acceptors (Lipinski definition) is 7. The SMILES string of the molecule is COCCN(CCC(=O)NCc1cccnc1)C(=O)c1cc(-c2cccc(OC)c2)on1. The van der Waals surface area contributed by atoms with E-state index in [1.807, 2.05) is 30.3 Å². The highest BCUT2D eigenvalue weighted by atomic mass is 16.5. The number of nitrogens with one attached hydrogen (secondary N) is 1. The highest BCUT2D eigenvalue weighted by Gasteiger charge is 2.21. The predicted molar refractivity (Wildman–Crippen MR) is 117 cm³/mol. The highest BCUT2D eigenvalue weighted by molar-refractivity contribution is 5.93. The quantitative estimate of drug-likeness (QED) is 0.490. The van der Waals surface area contributed by atoms with Gasteiger partial charge in [-0.15, -0.1) is 0 Å². The van der Waals surface area contributed by atoms with Crippen molar-refractivity contribution >= 4 is 11.8 Å². The van der Waals surface area contributed by atoms with Gasteiger partial charge < -0.3 is 24.2 Å². The molecule has 32 heavy (non-hydrogen) atoms. The van der Waals surface area contributed by atoms with Gasteiger partial charge in [0.1, 0.15) is 5.75 Å². The number of aromatic nitrogens is 2. The highest BCUT2D eigenvalue weighted by Crippen LogP contribution is 2.24. The maximum Gasteiger partial charge on any atom is 0.276 e. The van der Waals surface area contributed by atoms with Crippen molar-refractivity contribution in [2.45, 2.75) is 13.0 Å². The van der Waals surface area contributed by atoms with E-state index in [4.69, 9.17) is 14.0 Å². The van der Waals surface area contributed by atoms with E-state index in [0.29, 0.717) is 31.2 Å². The van der Waals surface area contributed by atoms with Crippen LogP contribution in [0.25, 0.3) is 11.3 Å². The lowest BCUT2D eigenvalue weighted by atomic mass is 10.1. The summed E-state index contributed by atoms with van der Waals surface area (Å²) in [5.41, 5.74) is 1.81. The summed E-state index contributed by atoms with van der Waals surface area (Å²) in [4.78, 5) is 30.8. The first kappa shape index (κ1) is 23.0. The molecule has 0 aliphatic rings. The number of ether oxygens (including phenoxy) is 2. The first-order valence-electron chi connectivity index (χ1n) is 10.2. The average Bonchev–Trinajstić information content (AvgIpc) is 3.33. The maximum absolute atomic E-state index is 13.0. The zero-order valence-electron chi connectivity index (χ0n) is 18.1. The van der Waals surface area contributed by atoms with E-state index in [9.17, 15) is 9.59 Å². The standard InChI is InChI=1S/C23H26N4O5/c1-30-12-11-27(10-8-22(28)25-16-17-5-4-9-24-15-17)23(29)20-14-21(32-26-20)18-6-3-7-19(13-18)31-2/h3-7,9,13-15H,8,10-12,16H2,1-2H3,(H,25,28). The first-order valence-corrected chi connectivity index (χ1v) is 10.2. The van der Waals surface area contributed by atoms with Gasteiger partial charge in [0.2, 0.25) is 5.91 Å². The molecule has 0 bridgehead atoms. The van der Waals surface area contributed by atoms with E-state index in [2.05, 4.69) is 15.5 Å². The lowest BCUT2D eigenvalue weighted by Crippen LogP contribution is -2.37. The van der Waals surface area contributed by atoms with Crippen LogP contribution in [0.5, 0.6) is 5.75 Å². The number of carbonyl (C=O) groups excluding carboxylic acids is 2. The van der Waals surface area contributed by atoms with E-state index < -0.39 is 0 Å². The van der Waals surface area contributed by atoms with Crippen LogP contribution < -0.4 is 10.1 Å². The van der Waals surface area contributed by atoms with E-state index >= 15 is 0 Å². The zero-order chi connectivity index (χ0) is 22.8. The number of hydrogen-bond donors (Lipinski definition) is 1. The molecule has 0 spiro atoms. The van der Waals surface area contributed by atoms with Crippen molar-refractivity contribution < 1.29 is 23.6 Å². The summed E-state index contributed by atoms with van der Waals surface area (Å²) in [6, 6.07) is 12.6. The van der Waals surface area contributed by atoms with E-state index in [-0.39, 0.29) is 30.5 Å². The van der Waals surface area contributed by atoms with Crippen LogP contribution >= 0.6 is 0 Å². The molecule has 9 heteroatoms. The van der Waals surface area contributed by atoms with Crippen LogP contribution in [0.15, 0.2) is 59.4 Å². The van der Waals surface area contributed by atoms with Gasteiger partial charge in [-0.1, -0.05) is 23.4 Å². The van der Waals surface area contributed by atoms with Crippen LogP contribution in [0.1, 0.15) is 22.5 Å². The van der Waals surface area contributed by atoms with Gasteiger partial charge in [-0.25, -0.2) is 0 Å². The third kappa shape index (κ3) is 6.39. The minimum absolute atomic E-state index is 0.149. The van der Waals surface area contributed by atoms with Gasteiger partial charge in [-0.05, 0) is 23.8 Å². The van der Waals surface area contributed by atoms with Gasteiger partial charge in [-0.2, -0.15) is 0 Å². The summed E-state index contributed by atoms with van der Waals surface area (Å²) >= 11 is 0. The van der Waals surface area contributed by atoms with Gasteiger partial charge >= 0.3 is 0 Å². The number of methoxy groups -OCH3 is 2. The van der Waals surface area contributed by atoms with Crippen LogP contribution in [-0.4, -0.2) is 60.8 Å². The Labute approximate surface area is 186 Å². The Morgan fingerprint density at radius 2 is 2.00 bits per heavy atom. The maximum atomic E-state index is 13.0. The van der Waals surface area contributed by atoms with E-state index in [1.165, 1.54) is 4.90 Å². The molecule has 168 valence electrons. The molecule has 0 aliphatic carbocycles. The molecule has 3 aromatic rings. The number of amides is 2. The summed E-state index contributed by atoms with van der Waals surface area (Å²) in [5.74, 6) is 0.625. The molecule has 2 aromatic heterocycles. The van der Waals surface area contributed by atoms with Gasteiger partial charge in [0.15, 0.2) is 11.5 Å². The fraction of sp³-hybridized carbons (Fsp3) is 0.304. The topological polar surface area (TPSA) is 107 Å². The lowest BCUT2D eigenvalue weighted by Gasteiger charge is -2.21. The Hall–Kier alpha value is -3.72. The van der Waals surface area contributed by atoms with Crippen molar-refractivity contribution in [3.8, 4) is 17.1 Å². The Morgan fingerprint density at radius 3 is 2.75 bits per heavy atom. The Balaban J connectivity index is 1.61. The molecule has 1 N–H and O–H groups in total. The van der Waals surface area contributed by atoms with Gasteiger partial charge in [0, 0.05) is 57.2 Å². The fourth-order valence-electron chi connectivity index (χ4n) is 2.99. The van der Waals surface area contributed by atoms with Gasteiger partial charge in [0.05, 0.1) is 13.7 Å². The molecule has 0 unspecified atom stereocenters. The molecule has 0 saturated heterocycles. The second-order valence-corrected chi connectivity index (χ2v) is 6.98. The summed E-state index contributed by atoms with van der Waals surface area (Å²) in [6.07, 6.45) is 3.52. The van der Waals surface area contributed by atoms with Crippen LogP contribution in [0.2, 0.25) is 0 Å². The van der Waals surface area contributed by atoms with Crippen molar-refractivity contribution in [3.05, 3.63) is 66.1 Å². The number of rotatable bonds is 11. The molecular formula is C23H26N4O5. The predicted octanol–water partition coefficient (Wildman–Crippen LogP) is 2.54. The van der Waals surface area contributed by atoms with Crippen molar-refractivity contribution in [3.63, 3.8) is 0 Å². The third-order valence-electron chi connectivity index (χ3n) is 4.76. The average molecular weight is 438 g/mol. The van der Waals surface area contributed by atoms with E-state index in [1.54, 1.807) is 38.7 Å². The van der Waals surface area contributed by atoms with Crippen LogP contribution in [-0.2, 0) is 16.1 Å². The van der Waals surface area contributed by atoms with Gasteiger partial charge in [-0.3, -0.25) is 14.6 Å². The summed E-state index contributed by atoms with van der Waals surface area (Å²) in [6.45, 7) is 1.27. The number of nitrogens with zero attached hydrogens (tertiary/aromatic N) is 3. The molecule has 3 rings (SSSR count). The van der Waals surface area contributed by atoms with Crippen LogP contribution in [0.4, 0.5) is 0 Å². The summed E-state index contributed by atoms with van der Waals surface area (Å²) < 4.78 is 15.7. The minimum Gasteiger partial charge on any atom is -0.497 e. The largest absolute Gasteiger partial charge is 0.497 e.